The highest BCUT2D eigenvalue weighted by atomic mass is 15.1. The van der Waals surface area contributed by atoms with Gasteiger partial charge in [0.2, 0.25) is 0 Å². The summed E-state index contributed by atoms with van der Waals surface area (Å²) >= 11 is 0. The largest absolute Gasteiger partial charge is 0.330 e. The van der Waals surface area contributed by atoms with E-state index < -0.39 is 0 Å². The van der Waals surface area contributed by atoms with E-state index in [0.29, 0.717) is 5.41 Å². The summed E-state index contributed by atoms with van der Waals surface area (Å²) in [5.74, 6) is 0.982. The van der Waals surface area contributed by atoms with Gasteiger partial charge in [-0.1, -0.05) is 6.42 Å². The highest BCUT2D eigenvalue weighted by Crippen LogP contribution is 2.52. The molecule has 1 aliphatic heterocycles. The van der Waals surface area contributed by atoms with Gasteiger partial charge in [0.05, 0.1) is 0 Å². The molecule has 14 heavy (non-hydrogen) atoms. The summed E-state index contributed by atoms with van der Waals surface area (Å²) < 4.78 is 0. The van der Waals surface area contributed by atoms with E-state index in [1.807, 2.05) is 0 Å². The van der Waals surface area contributed by atoms with Crippen LogP contribution in [0.4, 0.5) is 0 Å². The topological polar surface area (TPSA) is 29.3 Å². The molecule has 0 atom stereocenters. The van der Waals surface area contributed by atoms with Crippen LogP contribution in [0, 0.1) is 11.3 Å². The third-order valence-corrected chi connectivity index (χ3v) is 4.58. The van der Waals surface area contributed by atoms with Crippen molar-refractivity contribution in [1.82, 2.24) is 4.90 Å². The Morgan fingerprint density at radius 3 is 2.36 bits per heavy atom. The predicted molar refractivity (Wildman–Crippen MR) is 60.2 cm³/mol. The fraction of sp³-hybridized carbons (Fsp3) is 1.00. The molecular formula is C12H24N2. The lowest BCUT2D eigenvalue weighted by Crippen LogP contribution is -2.44. The maximum Gasteiger partial charge on any atom is -0.00189 e. The van der Waals surface area contributed by atoms with Crippen molar-refractivity contribution in [2.45, 2.75) is 38.5 Å². The second-order valence-electron chi connectivity index (χ2n) is 5.33. The minimum atomic E-state index is 0.677. The summed E-state index contributed by atoms with van der Waals surface area (Å²) in [6.45, 7) is 3.50. The van der Waals surface area contributed by atoms with Gasteiger partial charge in [0.15, 0.2) is 0 Å². The van der Waals surface area contributed by atoms with Gasteiger partial charge in [-0.2, -0.15) is 0 Å². The first-order chi connectivity index (χ1) is 6.77. The summed E-state index contributed by atoms with van der Waals surface area (Å²) in [4.78, 5) is 2.46. The molecule has 1 saturated heterocycles. The van der Waals surface area contributed by atoms with Crippen molar-refractivity contribution in [3.05, 3.63) is 0 Å². The molecule has 2 nitrogen and oxygen atoms in total. The molecule has 0 unspecified atom stereocenters. The lowest BCUT2D eigenvalue weighted by atomic mass is 9.57. The van der Waals surface area contributed by atoms with Crippen LogP contribution >= 0.6 is 0 Å². The molecule has 1 saturated carbocycles. The van der Waals surface area contributed by atoms with Crippen molar-refractivity contribution in [2.75, 3.05) is 26.7 Å². The van der Waals surface area contributed by atoms with Crippen molar-refractivity contribution >= 4 is 0 Å². The predicted octanol–water partition coefficient (Wildman–Crippen LogP) is 1.85. The SMILES string of the molecule is CN1CCC(C2(CCN)CCC2)CC1. The van der Waals surface area contributed by atoms with Gasteiger partial charge in [-0.25, -0.2) is 0 Å². The number of likely N-dealkylation sites (tertiary alicyclic amines) is 1. The van der Waals surface area contributed by atoms with E-state index in [1.54, 1.807) is 0 Å². The van der Waals surface area contributed by atoms with E-state index in [9.17, 15) is 0 Å². The fourth-order valence-corrected chi connectivity index (χ4v) is 3.40. The zero-order valence-electron chi connectivity index (χ0n) is 9.47. The van der Waals surface area contributed by atoms with Gasteiger partial charge in [0.25, 0.3) is 0 Å². The van der Waals surface area contributed by atoms with E-state index in [-0.39, 0.29) is 0 Å². The second-order valence-corrected chi connectivity index (χ2v) is 5.33. The van der Waals surface area contributed by atoms with Crippen LogP contribution in [0.2, 0.25) is 0 Å². The Hall–Kier alpha value is -0.0800. The van der Waals surface area contributed by atoms with Crippen LogP contribution < -0.4 is 5.73 Å². The van der Waals surface area contributed by atoms with E-state index in [1.165, 1.54) is 51.6 Å². The molecule has 2 rings (SSSR count). The number of hydrogen-bond donors (Lipinski definition) is 1. The normalized spacial score (nSPS) is 28.7. The lowest BCUT2D eigenvalue weighted by Gasteiger charge is -2.50. The number of piperidine rings is 1. The quantitative estimate of drug-likeness (QED) is 0.746. The first-order valence-corrected chi connectivity index (χ1v) is 6.15. The van der Waals surface area contributed by atoms with E-state index >= 15 is 0 Å². The van der Waals surface area contributed by atoms with E-state index in [0.717, 1.165) is 12.5 Å². The number of rotatable bonds is 3. The molecule has 1 heterocycles. The molecule has 0 spiro atoms. The Kier molecular flexibility index (Phi) is 3.13. The van der Waals surface area contributed by atoms with Gasteiger partial charge in [0, 0.05) is 0 Å². The lowest BCUT2D eigenvalue weighted by molar-refractivity contribution is 0.00581. The molecule has 2 N–H and O–H groups in total. The average molecular weight is 196 g/mol. The molecule has 2 fully saturated rings. The summed E-state index contributed by atoms with van der Waals surface area (Å²) in [7, 11) is 2.24. The molecule has 1 aliphatic carbocycles. The van der Waals surface area contributed by atoms with Crippen LogP contribution in [0.1, 0.15) is 38.5 Å². The molecule has 0 aromatic rings. The molecular weight excluding hydrogens is 172 g/mol. The first-order valence-electron chi connectivity index (χ1n) is 6.15. The van der Waals surface area contributed by atoms with Gasteiger partial charge in [-0.15, -0.1) is 0 Å². The maximum absolute atomic E-state index is 5.75. The van der Waals surface area contributed by atoms with E-state index in [4.69, 9.17) is 5.73 Å². The molecule has 0 aromatic carbocycles. The Bertz CT molecular complexity index is 179. The van der Waals surface area contributed by atoms with E-state index in [2.05, 4.69) is 11.9 Å². The minimum Gasteiger partial charge on any atom is -0.330 e. The van der Waals surface area contributed by atoms with Crippen molar-refractivity contribution in [3.63, 3.8) is 0 Å². The van der Waals surface area contributed by atoms with Gasteiger partial charge in [-0.05, 0) is 70.1 Å². The Morgan fingerprint density at radius 1 is 1.29 bits per heavy atom. The molecule has 0 bridgehead atoms. The van der Waals surface area contributed by atoms with Crippen LogP contribution in [-0.4, -0.2) is 31.6 Å². The third kappa shape index (κ3) is 1.82. The average Bonchev–Trinajstić information content (AvgIpc) is 2.13. The molecule has 0 radical (unpaired) electrons. The van der Waals surface area contributed by atoms with Crippen LogP contribution in [0.25, 0.3) is 0 Å². The van der Waals surface area contributed by atoms with Crippen LogP contribution in [0.3, 0.4) is 0 Å². The highest BCUT2D eigenvalue weighted by Gasteiger charge is 2.43. The summed E-state index contributed by atoms with van der Waals surface area (Å²) in [5.41, 5.74) is 6.42. The van der Waals surface area contributed by atoms with Crippen LogP contribution in [0.15, 0.2) is 0 Å². The standard InChI is InChI=1S/C12H24N2/c1-14-9-3-11(4-10-14)12(7-8-13)5-2-6-12/h11H,2-10,13H2,1H3. The zero-order valence-corrected chi connectivity index (χ0v) is 9.47. The Morgan fingerprint density at radius 2 is 1.93 bits per heavy atom. The molecule has 0 amide bonds. The maximum atomic E-state index is 5.75. The molecule has 0 aromatic heterocycles. The fourth-order valence-electron chi connectivity index (χ4n) is 3.40. The Labute approximate surface area is 87.8 Å². The Balaban J connectivity index is 1.91. The first kappa shape index (κ1) is 10.4. The molecule has 82 valence electrons. The van der Waals surface area contributed by atoms with Gasteiger partial charge in [0.1, 0.15) is 0 Å². The van der Waals surface area contributed by atoms with Crippen molar-refractivity contribution in [3.8, 4) is 0 Å². The number of hydrogen-bond acceptors (Lipinski definition) is 2. The van der Waals surface area contributed by atoms with Crippen molar-refractivity contribution < 1.29 is 0 Å². The highest BCUT2D eigenvalue weighted by molar-refractivity contribution is 4.95. The summed E-state index contributed by atoms with van der Waals surface area (Å²) in [6, 6.07) is 0. The summed E-state index contributed by atoms with van der Waals surface area (Å²) in [6.07, 6.45) is 8.47. The van der Waals surface area contributed by atoms with Crippen molar-refractivity contribution in [2.24, 2.45) is 17.1 Å². The van der Waals surface area contributed by atoms with Gasteiger partial charge < -0.3 is 10.6 Å². The number of nitrogens with two attached hydrogens (primary N) is 1. The van der Waals surface area contributed by atoms with Crippen LogP contribution in [0.5, 0.6) is 0 Å². The van der Waals surface area contributed by atoms with Crippen LogP contribution in [-0.2, 0) is 0 Å². The molecule has 2 aliphatic rings. The summed E-state index contributed by atoms with van der Waals surface area (Å²) in [5, 5.41) is 0. The monoisotopic (exact) mass is 196 g/mol. The van der Waals surface area contributed by atoms with Gasteiger partial charge >= 0.3 is 0 Å². The third-order valence-electron chi connectivity index (χ3n) is 4.58. The minimum absolute atomic E-state index is 0.677. The molecule has 2 heteroatoms. The number of nitrogens with zero attached hydrogens (tertiary/aromatic N) is 1. The smallest absolute Gasteiger partial charge is 0.00189 e. The van der Waals surface area contributed by atoms with Crippen molar-refractivity contribution in [1.29, 1.82) is 0 Å². The zero-order chi connectivity index (χ0) is 10.0. The second kappa shape index (κ2) is 4.19. The van der Waals surface area contributed by atoms with Gasteiger partial charge in [-0.3, -0.25) is 0 Å².